The van der Waals surface area contributed by atoms with Gasteiger partial charge in [0.15, 0.2) is 5.96 Å². The van der Waals surface area contributed by atoms with E-state index >= 15 is 0 Å². The molecule has 1 aliphatic heterocycles. The summed E-state index contributed by atoms with van der Waals surface area (Å²) in [5.74, 6) is 1.64. The number of benzene rings is 1. The standard InChI is InChI=1S/C21H32N4OS.HI/c1-16-8-12-25(13-9-16)11-5-10-23-21(22-2)24-15-18(26)20-14-17-6-3-4-7-19(17)27-20;/h3-4,6-7,14,16,18,26H,5,8-13,15H2,1-2H3,(H2,22,23,24);1H. The molecule has 3 rings (SSSR count). The lowest BCUT2D eigenvalue weighted by molar-refractivity contribution is 0.184. The van der Waals surface area contributed by atoms with E-state index in [0.29, 0.717) is 6.54 Å². The van der Waals surface area contributed by atoms with E-state index in [0.717, 1.165) is 36.3 Å². The first-order valence-electron chi connectivity index (χ1n) is 9.99. The van der Waals surface area contributed by atoms with Crippen molar-refractivity contribution in [2.45, 2.75) is 32.3 Å². The SMILES string of the molecule is CN=C(NCCCN1CCC(C)CC1)NCC(O)c1cc2ccccc2s1.I. The smallest absolute Gasteiger partial charge is 0.191 e. The maximum Gasteiger partial charge on any atom is 0.191 e. The van der Waals surface area contributed by atoms with Crippen LogP contribution in [0.3, 0.4) is 0 Å². The minimum atomic E-state index is -0.531. The Labute approximate surface area is 189 Å². The van der Waals surface area contributed by atoms with E-state index in [1.54, 1.807) is 18.4 Å². The molecule has 1 atom stereocenters. The van der Waals surface area contributed by atoms with Crippen molar-refractivity contribution in [3.8, 4) is 0 Å². The molecule has 0 bridgehead atoms. The van der Waals surface area contributed by atoms with E-state index in [1.807, 2.05) is 12.1 Å². The first kappa shape index (κ1) is 23.4. The molecule has 1 fully saturated rings. The van der Waals surface area contributed by atoms with Gasteiger partial charge in [0.25, 0.3) is 0 Å². The summed E-state index contributed by atoms with van der Waals surface area (Å²) in [6.45, 7) is 7.30. The zero-order valence-electron chi connectivity index (χ0n) is 16.9. The Bertz CT molecular complexity index is 710. The fourth-order valence-electron chi connectivity index (χ4n) is 3.48. The molecule has 0 spiro atoms. The number of aliphatic hydroxyl groups is 1. The molecule has 1 aliphatic rings. The van der Waals surface area contributed by atoms with Crippen molar-refractivity contribution in [3.05, 3.63) is 35.2 Å². The van der Waals surface area contributed by atoms with Crippen LogP contribution < -0.4 is 10.6 Å². The van der Waals surface area contributed by atoms with Crippen molar-refractivity contribution in [3.63, 3.8) is 0 Å². The van der Waals surface area contributed by atoms with Crippen LogP contribution in [-0.2, 0) is 0 Å². The molecular formula is C21H33IN4OS. The molecule has 28 heavy (non-hydrogen) atoms. The number of piperidine rings is 1. The summed E-state index contributed by atoms with van der Waals surface area (Å²) in [6.07, 6.45) is 3.23. The zero-order chi connectivity index (χ0) is 19.1. The van der Waals surface area contributed by atoms with Crippen LogP contribution in [0.5, 0.6) is 0 Å². The number of rotatable bonds is 7. The first-order chi connectivity index (χ1) is 13.2. The molecule has 2 heterocycles. The van der Waals surface area contributed by atoms with Crippen LogP contribution in [0.2, 0.25) is 0 Å². The lowest BCUT2D eigenvalue weighted by Gasteiger charge is -2.30. The highest BCUT2D eigenvalue weighted by Crippen LogP contribution is 2.29. The summed E-state index contributed by atoms with van der Waals surface area (Å²) >= 11 is 1.65. The Hall–Kier alpha value is -0.900. The summed E-state index contributed by atoms with van der Waals surface area (Å²) in [6, 6.07) is 10.3. The number of aliphatic hydroxyl groups excluding tert-OH is 1. The molecule has 7 heteroatoms. The number of hydrogen-bond donors (Lipinski definition) is 3. The molecule has 2 aromatic rings. The summed E-state index contributed by atoms with van der Waals surface area (Å²) in [4.78, 5) is 7.81. The van der Waals surface area contributed by atoms with Crippen LogP contribution in [0.15, 0.2) is 35.3 Å². The molecule has 1 aromatic carbocycles. The summed E-state index contributed by atoms with van der Waals surface area (Å²) in [5.41, 5.74) is 0. The molecule has 1 aromatic heterocycles. The van der Waals surface area contributed by atoms with Crippen LogP contribution >= 0.6 is 35.3 Å². The zero-order valence-corrected chi connectivity index (χ0v) is 20.0. The molecule has 0 radical (unpaired) electrons. The van der Waals surface area contributed by atoms with Gasteiger partial charge in [-0.05, 0) is 62.3 Å². The topological polar surface area (TPSA) is 59.9 Å². The fraction of sp³-hybridized carbons (Fsp3) is 0.571. The number of likely N-dealkylation sites (tertiary alicyclic amines) is 1. The van der Waals surface area contributed by atoms with E-state index in [-0.39, 0.29) is 24.0 Å². The predicted molar refractivity (Wildman–Crippen MR) is 131 cm³/mol. The van der Waals surface area contributed by atoms with Gasteiger partial charge in [-0.1, -0.05) is 25.1 Å². The van der Waals surface area contributed by atoms with Crippen molar-refractivity contribution < 1.29 is 5.11 Å². The van der Waals surface area contributed by atoms with Gasteiger partial charge in [0.1, 0.15) is 6.10 Å². The number of thiophene rings is 1. The summed E-state index contributed by atoms with van der Waals surface area (Å²) < 4.78 is 1.21. The van der Waals surface area contributed by atoms with Gasteiger partial charge < -0.3 is 20.6 Å². The first-order valence-corrected chi connectivity index (χ1v) is 10.8. The van der Waals surface area contributed by atoms with Gasteiger partial charge in [0, 0.05) is 29.7 Å². The molecule has 1 saturated heterocycles. The van der Waals surface area contributed by atoms with Crippen LogP contribution in [-0.4, -0.2) is 55.7 Å². The van der Waals surface area contributed by atoms with Gasteiger partial charge in [0.05, 0.1) is 0 Å². The molecule has 0 aliphatic carbocycles. The molecule has 0 saturated carbocycles. The van der Waals surface area contributed by atoms with E-state index in [1.165, 1.54) is 36.0 Å². The van der Waals surface area contributed by atoms with Crippen molar-refractivity contribution in [2.24, 2.45) is 10.9 Å². The minimum absolute atomic E-state index is 0. The second-order valence-electron chi connectivity index (χ2n) is 7.46. The fourth-order valence-corrected chi connectivity index (χ4v) is 4.53. The Balaban J connectivity index is 0.00000280. The van der Waals surface area contributed by atoms with Gasteiger partial charge in [-0.25, -0.2) is 0 Å². The number of hydrogen-bond acceptors (Lipinski definition) is 4. The number of halogens is 1. The van der Waals surface area contributed by atoms with E-state index in [4.69, 9.17) is 0 Å². The quantitative estimate of drug-likeness (QED) is 0.227. The molecular weight excluding hydrogens is 483 g/mol. The van der Waals surface area contributed by atoms with Gasteiger partial charge in [0.2, 0.25) is 0 Å². The summed E-state index contributed by atoms with van der Waals surface area (Å²) in [7, 11) is 1.77. The van der Waals surface area contributed by atoms with E-state index in [9.17, 15) is 5.11 Å². The van der Waals surface area contributed by atoms with Crippen molar-refractivity contribution in [1.29, 1.82) is 0 Å². The molecule has 156 valence electrons. The Morgan fingerprint density at radius 1 is 1.29 bits per heavy atom. The third-order valence-electron chi connectivity index (χ3n) is 5.28. The van der Waals surface area contributed by atoms with Crippen molar-refractivity contribution >= 4 is 51.4 Å². The average molecular weight is 516 g/mol. The van der Waals surface area contributed by atoms with Crippen LogP contribution in [0.4, 0.5) is 0 Å². The predicted octanol–water partition coefficient (Wildman–Crippen LogP) is 3.84. The normalized spacial score (nSPS) is 17.3. The molecule has 5 nitrogen and oxygen atoms in total. The minimum Gasteiger partial charge on any atom is -0.386 e. The second-order valence-corrected chi connectivity index (χ2v) is 8.58. The van der Waals surface area contributed by atoms with Gasteiger partial charge >= 0.3 is 0 Å². The highest BCUT2D eigenvalue weighted by atomic mass is 127. The highest BCUT2D eigenvalue weighted by molar-refractivity contribution is 14.0. The second kappa shape index (κ2) is 11.9. The van der Waals surface area contributed by atoms with Gasteiger partial charge in [-0.15, -0.1) is 35.3 Å². The number of nitrogens with zero attached hydrogens (tertiary/aromatic N) is 2. The highest BCUT2D eigenvalue weighted by Gasteiger charge is 2.15. The van der Waals surface area contributed by atoms with Gasteiger partial charge in [-0.3, -0.25) is 4.99 Å². The maximum atomic E-state index is 10.5. The summed E-state index contributed by atoms with van der Waals surface area (Å²) in [5, 5.41) is 18.3. The number of fused-ring (bicyclic) bond motifs is 1. The third kappa shape index (κ3) is 6.86. The monoisotopic (exact) mass is 516 g/mol. The van der Waals surface area contributed by atoms with Crippen LogP contribution in [0.1, 0.15) is 37.2 Å². The van der Waals surface area contributed by atoms with Crippen LogP contribution in [0, 0.1) is 5.92 Å². The van der Waals surface area contributed by atoms with Crippen molar-refractivity contribution in [2.75, 3.05) is 39.8 Å². The van der Waals surface area contributed by atoms with Crippen molar-refractivity contribution in [1.82, 2.24) is 15.5 Å². The third-order valence-corrected chi connectivity index (χ3v) is 6.50. The molecule has 1 unspecified atom stereocenters. The van der Waals surface area contributed by atoms with Gasteiger partial charge in [-0.2, -0.15) is 0 Å². The molecule has 3 N–H and O–H groups in total. The maximum absolute atomic E-state index is 10.5. The largest absolute Gasteiger partial charge is 0.386 e. The number of nitrogens with one attached hydrogen (secondary N) is 2. The Kier molecular flexibility index (Phi) is 9.98. The van der Waals surface area contributed by atoms with Crippen LogP contribution in [0.25, 0.3) is 10.1 Å². The molecule has 0 amide bonds. The average Bonchev–Trinajstić information content (AvgIpc) is 3.13. The lowest BCUT2D eigenvalue weighted by atomic mass is 9.99. The number of aliphatic imine (C=N–C) groups is 1. The van der Waals surface area contributed by atoms with E-state index < -0.39 is 6.10 Å². The lowest BCUT2D eigenvalue weighted by Crippen LogP contribution is -2.41. The Morgan fingerprint density at radius 2 is 2.04 bits per heavy atom. The Morgan fingerprint density at radius 3 is 2.75 bits per heavy atom. The van der Waals surface area contributed by atoms with E-state index in [2.05, 4.69) is 45.6 Å². The number of guanidine groups is 1.